The van der Waals surface area contributed by atoms with Gasteiger partial charge in [0, 0.05) is 11.5 Å². The van der Waals surface area contributed by atoms with E-state index in [1.807, 2.05) is 0 Å². The molecule has 2 heterocycles. The summed E-state index contributed by atoms with van der Waals surface area (Å²) in [6.45, 7) is 2.92. The molecule has 212 valence electrons. The van der Waals surface area contributed by atoms with Crippen molar-refractivity contribution in [3.8, 4) is 11.5 Å². The first kappa shape index (κ1) is 23.7. The Morgan fingerprint density at radius 3 is 1.62 bits per heavy atom. The zero-order valence-corrected chi connectivity index (χ0v) is 23.9. The minimum Gasteiger partial charge on any atom is -0.491 e. The average molecular weight is 541 g/mol. The van der Waals surface area contributed by atoms with E-state index in [-0.39, 0.29) is 12.2 Å². The van der Waals surface area contributed by atoms with Crippen LogP contribution in [0, 0.1) is 35.5 Å². The van der Waals surface area contributed by atoms with Crippen molar-refractivity contribution in [2.75, 3.05) is 26.4 Å². The monoisotopic (exact) mass is 540 g/mol. The zero-order valence-electron chi connectivity index (χ0n) is 23.9. The van der Waals surface area contributed by atoms with Gasteiger partial charge in [-0.3, -0.25) is 0 Å². The molecule has 12 rings (SSSR count). The summed E-state index contributed by atoms with van der Waals surface area (Å²) >= 11 is 0. The molecule has 0 radical (unpaired) electrons. The minimum absolute atomic E-state index is 0.244. The summed E-state index contributed by atoms with van der Waals surface area (Å²) in [7, 11) is 0. The molecule has 2 saturated heterocycles. The van der Waals surface area contributed by atoms with Gasteiger partial charge in [0.15, 0.2) is 0 Å². The first-order valence-electron chi connectivity index (χ1n) is 16.7. The maximum absolute atomic E-state index is 6.66. The molecule has 0 amide bonds. The molecular formula is C36H44O4. The van der Waals surface area contributed by atoms with Crippen LogP contribution in [0.25, 0.3) is 10.8 Å². The number of ether oxygens (including phenoxy) is 4. The van der Waals surface area contributed by atoms with E-state index in [1.54, 1.807) is 11.1 Å². The molecule has 8 saturated carbocycles. The van der Waals surface area contributed by atoms with E-state index in [9.17, 15) is 0 Å². The van der Waals surface area contributed by atoms with Gasteiger partial charge in [-0.25, -0.2) is 0 Å². The summed E-state index contributed by atoms with van der Waals surface area (Å²) in [5.74, 6) is 7.61. The number of hydrogen-bond donors (Lipinski definition) is 0. The van der Waals surface area contributed by atoms with Gasteiger partial charge in [-0.15, -0.1) is 0 Å². The Labute approximate surface area is 238 Å². The van der Waals surface area contributed by atoms with E-state index < -0.39 is 0 Å². The van der Waals surface area contributed by atoms with Crippen molar-refractivity contribution in [1.29, 1.82) is 0 Å². The third-order valence-corrected chi connectivity index (χ3v) is 12.9. The van der Waals surface area contributed by atoms with E-state index in [2.05, 4.69) is 24.3 Å². The minimum atomic E-state index is 0.244. The average Bonchev–Trinajstić information content (AvgIpc) is 3.84. The quantitative estimate of drug-likeness (QED) is 0.329. The van der Waals surface area contributed by atoms with Crippen molar-refractivity contribution in [1.82, 2.24) is 0 Å². The second-order valence-corrected chi connectivity index (χ2v) is 16.0. The molecule has 0 N–H and O–H groups in total. The standard InChI is InChI=1S/C36H44O4/c1-21-2-23-3-22(1)12-35(11-21,13-23)28-7-27-8-29(37-17-30-18-38-30)10-33(40-20-31-19-39-31)34(27)32(9-28)36-14-24-4-25(15-36)6-26(5-24)16-36/h7-10,21-26,30-31H,1-6,11-20H2. The normalized spacial score (nSPS) is 45.3. The van der Waals surface area contributed by atoms with Crippen LogP contribution in [0.5, 0.6) is 11.5 Å². The van der Waals surface area contributed by atoms with E-state index in [1.165, 1.54) is 87.8 Å². The molecule has 4 heteroatoms. The van der Waals surface area contributed by atoms with Gasteiger partial charge < -0.3 is 18.9 Å². The Balaban J connectivity index is 1.16. The molecule has 8 bridgehead atoms. The van der Waals surface area contributed by atoms with Crippen LogP contribution in [-0.4, -0.2) is 38.6 Å². The van der Waals surface area contributed by atoms with Crippen molar-refractivity contribution in [3.05, 3.63) is 35.4 Å². The third-order valence-electron chi connectivity index (χ3n) is 12.9. The largest absolute Gasteiger partial charge is 0.491 e. The second-order valence-electron chi connectivity index (χ2n) is 16.0. The lowest BCUT2D eigenvalue weighted by molar-refractivity contribution is -0.00791. The van der Waals surface area contributed by atoms with Crippen molar-refractivity contribution in [2.45, 2.75) is 100 Å². The van der Waals surface area contributed by atoms with Gasteiger partial charge in [0.1, 0.15) is 36.9 Å². The van der Waals surface area contributed by atoms with Crippen LogP contribution in [0.4, 0.5) is 0 Å². The summed E-state index contributed by atoms with van der Waals surface area (Å²) in [6, 6.07) is 9.93. The fourth-order valence-electron chi connectivity index (χ4n) is 12.0. The highest BCUT2D eigenvalue weighted by Crippen LogP contribution is 2.64. The Kier molecular flexibility index (Phi) is 4.99. The molecule has 2 aromatic rings. The molecule has 4 nitrogen and oxygen atoms in total. The molecule has 10 aliphatic rings. The van der Waals surface area contributed by atoms with Crippen LogP contribution >= 0.6 is 0 Å². The lowest BCUT2D eigenvalue weighted by atomic mass is 9.46. The molecule has 0 spiro atoms. The van der Waals surface area contributed by atoms with Crippen LogP contribution in [0.1, 0.15) is 88.2 Å². The highest BCUT2D eigenvalue weighted by atomic mass is 16.6. The number of epoxide rings is 2. The molecule has 2 atom stereocenters. The lowest BCUT2D eigenvalue weighted by Crippen LogP contribution is -2.50. The Morgan fingerprint density at radius 1 is 0.600 bits per heavy atom. The number of hydrogen-bond acceptors (Lipinski definition) is 4. The van der Waals surface area contributed by atoms with Gasteiger partial charge in [0.05, 0.1) is 13.2 Å². The van der Waals surface area contributed by atoms with Crippen molar-refractivity contribution in [2.24, 2.45) is 35.5 Å². The maximum atomic E-state index is 6.66. The van der Waals surface area contributed by atoms with Crippen LogP contribution < -0.4 is 9.47 Å². The molecule has 2 aromatic carbocycles. The maximum Gasteiger partial charge on any atom is 0.131 e. The van der Waals surface area contributed by atoms with E-state index in [4.69, 9.17) is 18.9 Å². The van der Waals surface area contributed by atoms with Gasteiger partial charge in [-0.2, -0.15) is 0 Å². The van der Waals surface area contributed by atoms with E-state index in [0.717, 1.165) is 60.2 Å². The molecule has 10 fully saturated rings. The van der Waals surface area contributed by atoms with Gasteiger partial charge in [-0.05, 0) is 146 Å². The fraction of sp³-hybridized carbons (Fsp3) is 0.722. The molecule has 40 heavy (non-hydrogen) atoms. The second kappa shape index (κ2) is 8.40. The third kappa shape index (κ3) is 3.84. The number of benzene rings is 2. The predicted octanol–water partition coefficient (Wildman–Crippen LogP) is 7.33. The molecule has 2 aliphatic heterocycles. The van der Waals surface area contributed by atoms with Gasteiger partial charge in [0.2, 0.25) is 0 Å². The SMILES string of the molecule is c1c(OCC2CO2)cc2cc(C34CC5CC(CC(C5)C3)C4)cc(C34CC5CC(CC(C5)C3)C4)c2c1OCC1CO1. The molecule has 0 aromatic heterocycles. The number of rotatable bonds is 8. The first-order valence-corrected chi connectivity index (χ1v) is 16.7. The van der Waals surface area contributed by atoms with Gasteiger partial charge in [0.25, 0.3) is 0 Å². The van der Waals surface area contributed by atoms with Gasteiger partial charge in [-0.1, -0.05) is 12.1 Å². The smallest absolute Gasteiger partial charge is 0.131 e. The summed E-state index contributed by atoms with van der Waals surface area (Å²) < 4.78 is 24.1. The Bertz CT molecular complexity index is 1280. The number of fused-ring (bicyclic) bond motifs is 1. The fourth-order valence-corrected chi connectivity index (χ4v) is 12.0. The Hall–Kier alpha value is -1.78. The van der Waals surface area contributed by atoms with Crippen LogP contribution in [-0.2, 0) is 20.3 Å². The highest BCUT2D eigenvalue weighted by Gasteiger charge is 2.54. The summed E-state index contributed by atoms with van der Waals surface area (Å²) in [5, 5.41) is 2.76. The lowest BCUT2D eigenvalue weighted by Gasteiger charge is -2.59. The van der Waals surface area contributed by atoms with Crippen molar-refractivity contribution in [3.63, 3.8) is 0 Å². The van der Waals surface area contributed by atoms with Crippen LogP contribution in [0.3, 0.4) is 0 Å². The van der Waals surface area contributed by atoms with Crippen LogP contribution in [0.2, 0.25) is 0 Å². The van der Waals surface area contributed by atoms with E-state index >= 15 is 0 Å². The molecular weight excluding hydrogens is 496 g/mol. The van der Waals surface area contributed by atoms with Gasteiger partial charge >= 0.3 is 0 Å². The molecule has 8 aliphatic carbocycles. The van der Waals surface area contributed by atoms with Crippen molar-refractivity contribution >= 4 is 10.8 Å². The topological polar surface area (TPSA) is 43.5 Å². The predicted molar refractivity (Wildman–Crippen MR) is 154 cm³/mol. The first-order chi connectivity index (χ1) is 19.6. The highest BCUT2D eigenvalue weighted by molar-refractivity contribution is 5.94. The zero-order chi connectivity index (χ0) is 26.1. The van der Waals surface area contributed by atoms with Crippen LogP contribution in [0.15, 0.2) is 24.3 Å². The molecule has 2 unspecified atom stereocenters. The summed E-state index contributed by atoms with van der Waals surface area (Å²) in [5.41, 5.74) is 4.04. The van der Waals surface area contributed by atoms with E-state index in [0.29, 0.717) is 24.0 Å². The summed E-state index contributed by atoms with van der Waals surface area (Å²) in [6.07, 6.45) is 17.9. The summed E-state index contributed by atoms with van der Waals surface area (Å²) in [4.78, 5) is 0. The van der Waals surface area contributed by atoms with Crippen molar-refractivity contribution < 1.29 is 18.9 Å². The Morgan fingerprint density at radius 2 is 1.10 bits per heavy atom.